The third kappa shape index (κ3) is 5.16. The minimum atomic E-state index is 0.670. The van der Waals surface area contributed by atoms with E-state index < -0.39 is 0 Å². The summed E-state index contributed by atoms with van der Waals surface area (Å²) in [5.74, 6) is 0.670. The van der Waals surface area contributed by atoms with Gasteiger partial charge in [0.2, 0.25) is 0 Å². The van der Waals surface area contributed by atoms with Crippen LogP contribution in [0.5, 0.6) is 0 Å². The Morgan fingerprint density at radius 3 is 2.38 bits per heavy atom. The van der Waals surface area contributed by atoms with Crippen LogP contribution >= 0.6 is 0 Å². The summed E-state index contributed by atoms with van der Waals surface area (Å²) >= 11 is 0. The second-order valence-electron chi connectivity index (χ2n) is 4.49. The Morgan fingerprint density at radius 2 is 2.00 bits per heavy atom. The van der Waals surface area contributed by atoms with Gasteiger partial charge in [-0.3, -0.25) is 0 Å². The first kappa shape index (κ1) is 13.0. The molecule has 2 aliphatic rings. The molecule has 88 valence electrons. The van der Waals surface area contributed by atoms with Gasteiger partial charge in [-0.05, 0) is 50.9 Å². The van der Waals surface area contributed by atoms with Gasteiger partial charge in [-0.2, -0.15) is 0 Å². The quantitative estimate of drug-likeness (QED) is 0.556. The second-order valence-corrected chi connectivity index (χ2v) is 4.49. The van der Waals surface area contributed by atoms with Gasteiger partial charge in [0.25, 0.3) is 0 Å². The zero-order valence-corrected chi connectivity index (χ0v) is 10.3. The average molecular weight is 216 g/mol. The maximum atomic E-state index is 3.73. The van der Waals surface area contributed by atoms with Gasteiger partial charge in [0.05, 0.1) is 0 Å². The molecule has 0 nitrogen and oxygen atoms in total. The van der Waals surface area contributed by atoms with E-state index in [1.54, 1.807) is 0 Å². The maximum absolute atomic E-state index is 3.73. The Morgan fingerprint density at radius 1 is 1.12 bits per heavy atom. The molecular formula is C16H24. The smallest absolute Gasteiger partial charge is 0.00561 e. The Bertz CT molecular complexity index is 268. The third-order valence-electron chi connectivity index (χ3n) is 3.18. The van der Waals surface area contributed by atoms with Crippen LogP contribution in [0.3, 0.4) is 0 Å². The highest BCUT2D eigenvalue weighted by atomic mass is 14.1. The summed E-state index contributed by atoms with van der Waals surface area (Å²) in [6.07, 6.45) is 19.9. The minimum Gasteiger partial charge on any atom is -0.102 e. The van der Waals surface area contributed by atoms with E-state index in [2.05, 4.69) is 31.4 Å². The van der Waals surface area contributed by atoms with Crippen LogP contribution in [0.2, 0.25) is 0 Å². The Kier molecular flexibility index (Phi) is 6.64. The molecule has 0 heterocycles. The van der Waals surface area contributed by atoms with Crippen LogP contribution in [-0.4, -0.2) is 0 Å². The van der Waals surface area contributed by atoms with Crippen LogP contribution in [0.4, 0.5) is 0 Å². The summed E-state index contributed by atoms with van der Waals surface area (Å²) in [4.78, 5) is 0. The van der Waals surface area contributed by atoms with E-state index in [-0.39, 0.29) is 0 Å². The lowest BCUT2D eigenvalue weighted by Gasteiger charge is -2.09. The normalized spacial score (nSPS) is 23.8. The molecule has 0 fully saturated rings. The number of hydrogen-bond donors (Lipinski definition) is 0. The Balaban J connectivity index is 0.000000160. The van der Waals surface area contributed by atoms with Crippen LogP contribution in [0.1, 0.15) is 44.9 Å². The van der Waals surface area contributed by atoms with Crippen molar-refractivity contribution >= 4 is 0 Å². The summed E-state index contributed by atoms with van der Waals surface area (Å²) < 4.78 is 0. The lowest BCUT2D eigenvalue weighted by Crippen LogP contribution is -1.94. The van der Waals surface area contributed by atoms with Gasteiger partial charge in [0.1, 0.15) is 0 Å². The van der Waals surface area contributed by atoms with Gasteiger partial charge in [-0.25, -0.2) is 0 Å². The van der Waals surface area contributed by atoms with Crippen molar-refractivity contribution in [1.29, 1.82) is 0 Å². The lowest BCUT2D eigenvalue weighted by molar-refractivity contribution is 0.632. The highest BCUT2D eigenvalue weighted by molar-refractivity contribution is 5.17. The van der Waals surface area contributed by atoms with Crippen molar-refractivity contribution in [3.05, 3.63) is 49.1 Å². The van der Waals surface area contributed by atoms with Gasteiger partial charge < -0.3 is 0 Å². The molecule has 0 aromatic rings. The van der Waals surface area contributed by atoms with Crippen LogP contribution in [-0.2, 0) is 0 Å². The molecule has 0 saturated carbocycles. The highest BCUT2D eigenvalue weighted by Crippen LogP contribution is 2.17. The summed E-state index contributed by atoms with van der Waals surface area (Å²) in [6, 6.07) is 0. The van der Waals surface area contributed by atoms with Crippen molar-refractivity contribution in [2.24, 2.45) is 5.92 Å². The molecule has 16 heavy (non-hydrogen) atoms. The molecule has 0 aromatic heterocycles. The Hall–Kier alpha value is -1.04. The largest absolute Gasteiger partial charge is 0.102 e. The molecule has 0 amide bonds. The van der Waals surface area contributed by atoms with E-state index in [1.807, 2.05) is 12.2 Å². The van der Waals surface area contributed by atoms with Crippen molar-refractivity contribution in [3.63, 3.8) is 0 Å². The summed E-state index contributed by atoms with van der Waals surface area (Å²) in [5.41, 5.74) is 1.44. The second kappa shape index (κ2) is 8.15. The number of hydrogen-bond acceptors (Lipinski definition) is 0. The number of rotatable bonds is 2. The SMILES string of the molecule is C=CC1=CCCCC1.C=CC1C=CCCC1. The van der Waals surface area contributed by atoms with Crippen LogP contribution in [0.15, 0.2) is 49.1 Å². The monoisotopic (exact) mass is 216 g/mol. The van der Waals surface area contributed by atoms with Gasteiger partial charge in [-0.1, -0.05) is 42.5 Å². The Labute approximate surface area is 100 Å². The molecule has 0 spiro atoms. The first-order chi connectivity index (χ1) is 7.86. The molecule has 0 aliphatic heterocycles. The zero-order valence-electron chi connectivity index (χ0n) is 10.3. The molecular weight excluding hydrogens is 192 g/mol. The van der Waals surface area contributed by atoms with Crippen molar-refractivity contribution in [3.8, 4) is 0 Å². The predicted octanol–water partition coefficient (Wildman–Crippen LogP) is 5.20. The zero-order chi connectivity index (χ0) is 11.6. The molecule has 0 bridgehead atoms. The molecule has 0 radical (unpaired) electrons. The first-order valence-electron chi connectivity index (χ1n) is 6.47. The lowest BCUT2D eigenvalue weighted by atomic mass is 9.96. The van der Waals surface area contributed by atoms with Gasteiger partial charge >= 0.3 is 0 Å². The van der Waals surface area contributed by atoms with Crippen LogP contribution in [0, 0.1) is 5.92 Å². The van der Waals surface area contributed by atoms with Crippen molar-refractivity contribution in [1.82, 2.24) is 0 Å². The summed E-state index contributed by atoms with van der Waals surface area (Å²) in [5, 5.41) is 0. The topological polar surface area (TPSA) is 0 Å². The van der Waals surface area contributed by atoms with E-state index in [9.17, 15) is 0 Å². The van der Waals surface area contributed by atoms with E-state index in [4.69, 9.17) is 0 Å². The maximum Gasteiger partial charge on any atom is -0.00561 e. The first-order valence-corrected chi connectivity index (χ1v) is 6.47. The highest BCUT2D eigenvalue weighted by Gasteiger charge is 2.01. The van der Waals surface area contributed by atoms with E-state index >= 15 is 0 Å². The molecule has 0 heteroatoms. The molecule has 0 aromatic carbocycles. The van der Waals surface area contributed by atoms with E-state index in [0.717, 1.165) is 0 Å². The molecule has 1 unspecified atom stereocenters. The van der Waals surface area contributed by atoms with E-state index in [1.165, 1.54) is 50.5 Å². The molecule has 2 rings (SSSR count). The summed E-state index contributed by atoms with van der Waals surface area (Å²) in [6.45, 7) is 7.45. The number of allylic oxidation sites excluding steroid dienone is 6. The standard InChI is InChI=1S/2C8H12/c2*1-2-8-6-4-3-5-7-8/h2,6H,1,3-5,7H2;2,4,6,8H,1,3,5,7H2. The molecule has 2 aliphatic carbocycles. The fourth-order valence-corrected chi connectivity index (χ4v) is 2.08. The molecule has 0 saturated heterocycles. The van der Waals surface area contributed by atoms with Crippen LogP contribution < -0.4 is 0 Å². The van der Waals surface area contributed by atoms with E-state index in [0.29, 0.717) is 5.92 Å². The van der Waals surface area contributed by atoms with Crippen molar-refractivity contribution in [2.45, 2.75) is 44.9 Å². The third-order valence-corrected chi connectivity index (χ3v) is 3.18. The van der Waals surface area contributed by atoms with Gasteiger partial charge in [0, 0.05) is 0 Å². The van der Waals surface area contributed by atoms with Gasteiger partial charge in [0.15, 0.2) is 0 Å². The van der Waals surface area contributed by atoms with Gasteiger partial charge in [-0.15, -0.1) is 6.58 Å². The van der Waals surface area contributed by atoms with Crippen molar-refractivity contribution in [2.75, 3.05) is 0 Å². The fraction of sp³-hybridized carbons (Fsp3) is 0.500. The average Bonchev–Trinajstić information content (AvgIpc) is 2.41. The van der Waals surface area contributed by atoms with Crippen LogP contribution in [0.25, 0.3) is 0 Å². The van der Waals surface area contributed by atoms with Crippen molar-refractivity contribution < 1.29 is 0 Å². The molecule has 1 atom stereocenters. The summed E-state index contributed by atoms with van der Waals surface area (Å²) in [7, 11) is 0. The minimum absolute atomic E-state index is 0.670. The molecule has 0 N–H and O–H groups in total. The fourth-order valence-electron chi connectivity index (χ4n) is 2.08. The predicted molar refractivity (Wildman–Crippen MR) is 73.4 cm³/mol.